The van der Waals surface area contributed by atoms with Gasteiger partial charge in [-0.05, 0) is 47.9 Å². The third-order valence-electron chi connectivity index (χ3n) is 5.26. The predicted octanol–water partition coefficient (Wildman–Crippen LogP) is 4.92. The first-order chi connectivity index (χ1) is 14.8. The van der Waals surface area contributed by atoms with Crippen molar-refractivity contribution in [2.45, 2.75) is 25.4 Å². The fourth-order valence-corrected chi connectivity index (χ4v) is 5.22. The zero-order valence-electron chi connectivity index (χ0n) is 16.3. The van der Waals surface area contributed by atoms with Crippen LogP contribution in [0.25, 0.3) is 20.8 Å². The number of nitrogens with one attached hydrogen (secondary N) is 1. The van der Waals surface area contributed by atoms with E-state index in [1.54, 1.807) is 22.7 Å². The van der Waals surface area contributed by atoms with E-state index >= 15 is 0 Å². The van der Waals surface area contributed by atoms with E-state index in [0.717, 1.165) is 52.2 Å². The van der Waals surface area contributed by atoms with Crippen molar-refractivity contribution in [3.63, 3.8) is 0 Å². The Morgan fingerprint density at radius 1 is 1.17 bits per heavy atom. The first-order valence-corrected chi connectivity index (χ1v) is 11.8. The number of carbonyl (C=O) groups excluding carboxylic acids is 1. The smallest absolute Gasteiger partial charge is 0.270 e. The van der Waals surface area contributed by atoms with Gasteiger partial charge < -0.3 is 10.1 Å². The summed E-state index contributed by atoms with van der Waals surface area (Å²) in [7, 11) is 0. The highest BCUT2D eigenvalue weighted by Crippen LogP contribution is 2.28. The Hall–Kier alpha value is -2.61. The number of aromatic nitrogens is 2. The maximum Gasteiger partial charge on any atom is 0.270 e. The number of rotatable bonds is 6. The molecule has 0 bridgehead atoms. The van der Waals surface area contributed by atoms with Crippen LogP contribution in [0.4, 0.5) is 0 Å². The highest BCUT2D eigenvalue weighted by atomic mass is 32.1. The molecule has 3 aromatic heterocycles. The summed E-state index contributed by atoms with van der Waals surface area (Å²) < 4.78 is 6.73. The third kappa shape index (κ3) is 4.14. The van der Waals surface area contributed by atoms with Gasteiger partial charge in [0.25, 0.3) is 5.91 Å². The molecule has 1 fully saturated rings. The molecule has 0 saturated carbocycles. The number of amides is 1. The second-order valence-electron chi connectivity index (χ2n) is 7.36. The van der Waals surface area contributed by atoms with Gasteiger partial charge >= 0.3 is 0 Å². The van der Waals surface area contributed by atoms with Crippen molar-refractivity contribution in [1.29, 1.82) is 0 Å². The number of fused-ring (bicyclic) bond motifs is 1. The summed E-state index contributed by atoms with van der Waals surface area (Å²) in [5, 5.41) is 8.02. The molecule has 0 radical (unpaired) electrons. The molecule has 1 saturated heterocycles. The van der Waals surface area contributed by atoms with Gasteiger partial charge in [0.15, 0.2) is 0 Å². The van der Waals surface area contributed by atoms with Crippen LogP contribution in [-0.2, 0) is 11.2 Å². The minimum Gasteiger partial charge on any atom is -0.376 e. The van der Waals surface area contributed by atoms with Crippen molar-refractivity contribution < 1.29 is 9.53 Å². The Morgan fingerprint density at radius 3 is 2.83 bits per heavy atom. The lowest BCUT2D eigenvalue weighted by Gasteiger charge is -2.11. The molecule has 0 spiro atoms. The van der Waals surface area contributed by atoms with Crippen LogP contribution in [-0.4, -0.2) is 35.1 Å². The number of ether oxygens (including phenoxy) is 1. The first kappa shape index (κ1) is 19.4. The second kappa shape index (κ2) is 8.63. The summed E-state index contributed by atoms with van der Waals surface area (Å²) >= 11 is 3.30. The van der Waals surface area contributed by atoms with Gasteiger partial charge in [0, 0.05) is 30.3 Å². The highest BCUT2D eigenvalue weighted by molar-refractivity contribution is 7.17. The Labute approximate surface area is 182 Å². The number of hydrogen-bond acceptors (Lipinski definition) is 6. The van der Waals surface area contributed by atoms with Gasteiger partial charge in [0.1, 0.15) is 10.7 Å². The lowest BCUT2D eigenvalue weighted by atomic mass is 10.0. The fraction of sp³-hybridized carbons (Fsp3) is 0.261. The molecule has 30 heavy (non-hydrogen) atoms. The van der Waals surface area contributed by atoms with Crippen molar-refractivity contribution in [3.8, 4) is 10.6 Å². The van der Waals surface area contributed by atoms with E-state index in [1.807, 2.05) is 29.1 Å². The van der Waals surface area contributed by atoms with Crippen molar-refractivity contribution in [3.05, 3.63) is 70.2 Å². The molecule has 5 rings (SSSR count). The molecule has 152 valence electrons. The summed E-state index contributed by atoms with van der Waals surface area (Å²) in [6, 6.07) is 12.4. The van der Waals surface area contributed by atoms with Crippen LogP contribution in [0.5, 0.6) is 0 Å². The highest BCUT2D eigenvalue weighted by Gasteiger charge is 2.18. The quantitative estimate of drug-likeness (QED) is 0.467. The molecule has 1 aromatic carbocycles. The van der Waals surface area contributed by atoms with Crippen LogP contribution >= 0.6 is 22.7 Å². The molecule has 4 heterocycles. The normalized spacial score (nSPS) is 16.2. The standard InChI is InChI=1S/C23H21N3O2S2/c27-22(25-14-18-2-1-9-28-18)20-13-17(21-19(26-20)7-10-29-21)12-15-3-5-16(6-4-15)23-24-8-11-30-23/h3-8,10-11,13,18H,1-2,9,12,14H2,(H,25,27)/t18-/m0/s1. The zero-order chi connectivity index (χ0) is 20.3. The molecule has 1 aliphatic heterocycles. The molecule has 1 atom stereocenters. The largest absolute Gasteiger partial charge is 0.376 e. The SMILES string of the molecule is O=C(NC[C@@H]1CCCO1)c1cc(Cc2ccc(-c3nccs3)cc2)c2sccc2n1. The average Bonchev–Trinajstić information content (AvgIpc) is 3.55. The van der Waals surface area contributed by atoms with Crippen LogP contribution in [0.3, 0.4) is 0 Å². The van der Waals surface area contributed by atoms with Crippen molar-refractivity contribution in [2.24, 2.45) is 0 Å². The van der Waals surface area contributed by atoms with Gasteiger partial charge in [0.05, 0.1) is 16.3 Å². The maximum atomic E-state index is 12.7. The molecule has 0 unspecified atom stereocenters. The molecular weight excluding hydrogens is 414 g/mol. The fourth-order valence-electron chi connectivity index (χ4n) is 3.72. The van der Waals surface area contributed by atoms with Crippen LogP contribution in [0.2, 0.25) is 0 Å². The van der Waals surface area contributed by atoms with Gasteiger partial charge in [-0.1, -0.05) is 24.3 Å². The minimum absolute atomic E-state index is 0.120. The van der Waals surface area contributed by atoms with E-state index in [2.05, 4.69) is 39.6 Å². The van der Waals surface area contributed by atoms with Crippen LogP contribution in [0.15, 0.2) is 53.4 Å². The minimum atomic E-state index is -0.140. The Balaban J connectivity index is 1.36. The molecule has 5 nitrogen and oxygen atoms in total. The lowest BCUT2D eigenvalue weighted by molar-refractivity contribution is 0.0854. The number of thiophene rings is 1. The molecule has 0 aliphatic carbocycles. The molecule has 4 aromatic rings. The predicted molar refractivity (Wildman–Crippen MR) is 121 cm³/mol. The topological polar surface area (TPSA) is 64.1 Å². The number of benzene rings is 1. The van der Waals surface area contributed by atoms with Crippen molar-refractivity contribution >= 4 is 38.8 Å². The summed E-state index contributed by atoms with van der Waals surface area (Å²) in [4.78, 5) is 21.7. The Bertz CT molecular complexity index is 1150. The molecule has 1 N–H and O–H groups in total. The Morgan fingerprint density at radius 2 is 2.07 bits per heavy atom. The second-order valence-corrected chi connectivity index (χ2v) is 9.17. The molecule has 7 heteroatoms. The van der Waals surface area contributed by atoms with E-state index in [4.69, 9.17) is 4.74 Å². The number of carbonyl (C=O) groups is 1. The zero-order valence-corrected chi connectivity index (χ0v) is 18.0. The van der Waals surface area contributed by atoms with Gasteiger partial charge in [-0.3, -0.25) is 4.79 Å². The summed E-state index contributed by atoms with van der Waals surface area (Å²) in [5.74, 6) is -0.140. The van der Waals surface area contributed by atoms with Gasteiger partial charge in [-0.15, -0.1) is 22.7 Å². The van der Waals surface area contributed by atoms with Crippen LogP contribution < -0.4 is 5.32 Å². The van der Waals surface area contributed by atoms with E-state index in [9.17, 15) is 4.79 Å². The average molecular weight is 436 g/mol. The van der Waals surface area contributed by atoms with Gasteiger partial charge in [-0.25, -0.2) is 9.97 Å². The van der Waals surface area contributed by atoms with Crippen LogP contribution in [0.1, 0.15) is 34.5 Å². The van der Waals surface area contributed by atoms with E-state index in [1.165, 1.54) is 5.56 Å². The molecule has 1 amide bonds. The van der Waals surface area contributed by atoms with Gasteiger partial charge in [-0.2, -0.15) is 0 Å². The number of pyridine rings is 1. The summed E-state index contributed by atoms with van der Waals surface area (Å²) in [6.07, 6.45) is 4.76. The number of hydrogen-bond donors (Lipinski definition) is 1. The van der Waals surface area contributed by atoms with E-state index < -0.39 is 0 Å². The summed E-state index contributed by atoms with van der Waals surface area (Å²) in [6.45, 7) is 1.32. The van der Waals surface area contributed by atoms with Gasteiger partial charge in [0.2, 0.25) is 0 Å². The summed E-state index contributed by atoms with van der Waals surface area (Å²) in [5.41, 5.74) is 4.78. The molecular formula is C23H21N3O2S2. The van der Waals surface area contributed by atoms with Crippen molar-refractivity contribution in [1.82, 2.24) is 15.3 Å². The molecule has 1 aliphatic rings. The third-order valence-corrected chi connectivity index (χ3v) is 7.06. The Kier molecular flexibility index (Phi) is 5.57. The van der Waals surface area contributed by atoms with Crippen molar-refractivity contribution in [2.75, 3.05) is 13.2 Å². The monoisotopic (exact) mass is 435 g/mol. The number of thiazole rings is 1. The number of nitrogens with zero attached hydrogens (tertiary/aromatic N) is 2. The van der Waals surface area contributed by atoms with E-state index in [0.29, 0.717) is 12.2 Å². The van der Waals surface area contributed by atoms with Crippen LogP contribution in [0, 0.1) is 0 Å². The first-order valence-electron chi connectivity index (χ1n) is 10.0. The lowest BCUT2D eigenvalue weighted by Crippen LogP contribution is -2.32. The van der Waals surface area contributed by atoms with E-state index in [-0.39, 0.29) is 12.0 Å². The maximum absolute atomic E-state index is 12.7.